The number of anilines is 2. The monoisotopic (exact) mass is 425 g/mol. The predicted octanol–water partition coefficient (Wildman–Crippen LogP) is 0.856. The molecule has 1 aliphatic rings. The fraction of sp³-hybridized carbons (Fsp3) is 0.150. The summed E-state index contributed by atoms with van der Waals surface area (Å²) in [6, 6.07) is 11.4. The molecule has 0 spiro atoms. The maximum Gasteiger partial charge on any atom is 0.332 e. The fourth-order valence-electron chi connectivity index (χ4n) is 2.91. The van der Waals surface area contributed by atoms with Crippen molar-refractivity contribution in [3.63, 3.8) is 0 Å². The summed E-state index contributed by atoms with van der Waals surface area (Å²) in [5, 5.41) is 6.16. The Labute approximate surface area is 176 Å². The third-order valence-electron chi connectivity index (χ3n) is 4.40. The number of nitrogens with one attached hydrogen (secondary N) is 2. The average molecular weight is 425 g/mol. The maximum absolute atomic E-state index is 13.0. The molecule has 11 nitrogen and oxygen atoms in total. The van der Waals surface area contributed by atoms with Crippen molar-refractivity contribution in [3.8, 4) is 11.5 Å². The Morgan fingerprint density at radius 2 is 1.52 bits per heavy atom. The summed E-state index contributed by atoms with van der Waals surface area (Å²) in [5.41, 5.74) is 7.03. The van der Waals surface area contributed by atoms with Crippen molar-refractivity contribution < 1.29 is 28.7 Å². The van der Waals surface area contributed by atoms with Crippen LogP contribution >= 0.6 is 0 Å². The normalized spacial score (nSPS) is 16.9. The molecule has 1 heterocycles. The summed E-state index contributed by atoms with van der Waals surface area (Å²) in [7, 11) is 2.97. The number of urea groups is 1. The predicted molar refractivity (Wildman–Crippen MR) is 111 cm³/mol. The molecule has 3 rings (SSSR count). The van der Waals surface area contributed by atoms with Crippen molar-refractivity contribution in [1.82, 2.24) is 5.43 Å². The number of amides is 5. The van der Waals surface area contributed by atoms with Gasteiger partial charge in [0.25, 0.3) is 11.8 Å². The van der Waals surface area contributed by atoms with Crippen LogP contribution in [0.1, 0.15) is 0 Å². The summed E-state index contributed by atoms with van der Waals surface area (Å²) < 4.78 is 10.1. The smallest absolute Gasteiger partial charge is 0.332 e. The number of hydrogen-bond donors (Lipinski definition) is 3. The standard InChI is InChI=1S/C20H19N5O6/c1-30-13-7-3-11(4-8-13)22-17(26)15-16(23-24-20(21)29)19(28)25(18(15)27)12-5-9-14(31-2)10-6-12/h3-10,15H,1-2H3,(H,22,26)(H3,21,24,29)/b23-16+. The fourth-order valence-corrected chi connectivity index (χ4v) is 2.91. The Kier molecular flexibility index (Phi) is 6.15. The Hall–Kier alpha value is -4.41. The number of rotatable bonds is 6. The number of imide groups is 1. The lowest BCUT2D eigenvalue weighted by Gasteiger charge is -2.14. The van der Waals surface area contributed by atoms with Crippen LogP contribution < -0.4 is 30.8 Å². The molecule has 2 aromatic rings. The third-order valence-corrected chi connectivity index (χ3v) is 4.40. The Balaban J connectivity index is 1.93. The van der Waals surface area contributed by atoms with Crippen LogP contribution in [0.25, 0.3) is 0 Å². The first-order valence-electron chi connectivity index (χ1n) is 8.96. The molecule has 0 bridgehead atoms. The van der Waals surface area contributed by atoms with Crippen molar-refractivity contribution in [2.45, 2.75) is 0 Å². The minimum absolute atomic E-state index is 0.210. The van der Waals surface area contributed by atoms with E-state index < -0.39 is 35.4 Å². The van der Waals surface area contributed by atoms with E-state index in [4.69, 9.17) is 15.2 Å². The van der Waals surface area contributed by atoms with Crippen LogP contribution in [-0.2, 0) is 14.4 Å². The first-order valence-corrected chi connectivity index (χ1v) is 8.96. The van der Waals surface area contributed by atoms with Gasteiger partial charge in [-0.05, 0) is 48.5 Å². The van der Waals surface area contributed by atoms with Gasteiger partial charge in [0.1, 0.15) is 17.2 Å². The van der Waals surface area contributed by atoms with Gasteiger partial charge in [0.05, 0.1) is 19.9 Å². The van der Waals surface area contributed by atoms with Crippen molar-refractivity contribution >= 4 is 40.8 Å². The van der Waals surface area contributed by atoms with Gasteiger partial charge < -0.3 is 20.5 Å². The molecule has 0 saturated carbocycles. The van der Waals surface area contributed by atoms with Gasteiger partial charge in [-0.1, -0.05) is 0 Å². The van der Waals surface area contributed by atoms with Crippen molar-refractivity contribution in [2.75, 3.05) is 24.4 Å². The largest absolute Gasteiger partial charge is 0.497 e. The second-order valence-electron chi connectivity index (χ2n) is 6.30. The van der Waals surface area contributed by atoms with E-state index in [0.29, 0.717) is 17.2 Å². The zero-order valence-electron chi connectivity index (χ0n) is 16.6. The molecule has 4 N–H and O–H groups in total. The third kappa shape index (κ3) is 4.45. The molecule has 1 atom stereocenters. The van der Waals surface area contributed by atoms with Crippen molar-refractivity contribution in [3.05, 3.63) is 48.5 Å². The summed E-state index contributed by atoms with van der Waals surface area (Å²) in [6.07, 6.45) is 0. The Morgan fingerprint density at radius 1 is 0.968 bits per heavy atom. The molecule has 0 radical (unpaired) electrons. The van der Waals surface area contributed by atoms with Crippen LogP contribution in [0.5, 0.6) is 11.5 Å². The minimum Gasteiger partial charge on any atom is -0.497 e. The van der Waals surface area contributed by atoms with Crippen LogP contribution in [0, 0.1) is 5.92 Å². The summed E-state index contributed by atoms with van der Waals surface area (Å²) in [4.78, 5) is 50.7. The number of carbonyl (C=O) groups excluding carboxylic acids is 4. The zero-order valence-corrected chi connectivity index (χ0v) is 16.6. The van der Waals surface area contributed by atoms with E-state index in [2.05, 4.69) is 10.4 Å². The molecule has 1 unspecified atom stereocenters. The van der Waals surface area contributed by atoms with Gasteiger partial charge in [0.2, 0.25) is 5.91 Å². The number of nitrogens with zero attached hydrogens (tertiary/aromatic N) is 2. The number of carbonyl (C=O) groups is 4. The molecule has 160 valence electrons. The molecular formula is C20H19N5O6. The van der Waals surface area contributed by atoms with Gasteiger partial charge in [-0.15, -0.1) is 0 Å². The van der Waals surface area contributed by atoms with E-state index in [1.54, 1.807) is 36.4 Å². The van der Waals surface area contributed by atoms with Gasteiger partial charge >= 0.3 is 6.03 Å². The topological polar surface area (TPSA) is 152 Å². The van der Waals surface area contributed by atoms with Gasteiger partial charge in [0, 0.05) is 5.69 Å². The van der Waals surface area contributed by atoms with E-state index in [1.165, 1.54) is 26.4 Å². The molecule has 5 amide bonds. The lowest BCUT2D eigenvalue weighted by molar-refractivity contribution is -0.127. The second-order valence-corrected chi connectivity index (χ2v) is 6.30. The highest BCUT2D eigenvalue weighted by atomic mass is 16.5. The van der Waals surface area contributed by atoms with Crippen LogP contribution in [0.3, 0.4) is 0 Å². The summed E-state index contributed by atoms with van der Waals surface area (Å²) in [6.45, 7) is 0. The van der Waals surface area contributed by atoms with Crippen LogP contribution in [0.15, 0.2) is 53.6 Å². The van der Waals surface area contributed by atoms with E-state index >= 15 is 0 Å². The number of primary amides is 1. The first-order chi connectivity index (χ1) is 14.8. The minimum atomic E-state index is -1.59. The molecule has 2 aromatic carbocycles. The van der Waals surface area contributed by atoms with Crippen LogP contribution in [0.4, 0.5) is 16.2 Å². The summed E-state index contributed by atoms with van der Waals surface area (Å²) in [5.74, 6) is -3.00. The maximum atomic E-state index is 13.0. The molecule has 0 aliphatic carbocycles. The number of ether oxygens (including phenoxy) is 2. The van der Waals surface area contributed by atoms with Gasteiger partial charge in [-0.3, -0.25) is 14.4 Å². The van der Waals surface area contributed by atoms with Crippen molar-refractivity contribution in [1.29, 1.82) is 0 Å². The molecule has 1 saturated heterocycles. The number of hydrogen-bond acceptors (Lipinski definition) is 7. The van der Waals surface area contributed by atoms with E-state index in [9.17, 15) is 19.2 Å². The zero-order chi connectivity index (χ0) is 22.5. The van der Waals surface area contributed by atoms with E-state index in [-0.39, 0.29) is 5.69 Å². The average Bonchev–Trinajstić information content (AvgIpc) is 3.02. The SMILES string of the molecule is COc1ccc(NC(=O)C2C(=O)N(c3ccc(OC)cc3)C(=O)/C2=N/NC(N)=O)cc1. The number of methoxy groups -OCH3 is 2. The van der Waals surface area contributed by atoms with Gasteiger partial charge in [-0.25, -0.2) is 15.1 Å². The molecule has 1 aliphatic heterocycles. The lowest BCUT2D eigenvalue weighted by atomic mass is 10.0. The molecular weight excluding hydrogens is 406 g/mol. The van der Waals surface area contributed by atoms with Crippen molar-refractivity contribution in [2.24, 2.45) is 16.8 Å². The van der Waals surface area contributed by atoms with Gasteiger partial charge in [-0.2, -0.15) is 5.10 Å². The Bertz CT molecular complexity index is 1050. The lowest BCUT2D eigenvalue weighted by Crippen LogP contribution is -2.35. The molecule has 31 heavy (non-hydrogen) atoms. The molecule has 0 aromatic heterocycles. The number of benzene rings is 2. The number of nitrogens with two attached hydrogens (primary N) is 1. The molecule has 1 fully saturated rings. The highest BCUT2D eigenvalue weighted by molar-refractivity contribution is 6.61. The second kappa shape index (κ2) is 8.95. The Morgan fingerprint density at radius 3 is 2.03 bits per heavy atom. The van der Waals surface area contributed by atoms with E-state index in [1.807, 2.05) is 5.43 Å². The van der Waals surface area contributed by atoms with Crippen LogP contribution in [0.2, 0.25) is 0 Å². The first kappa shape index (κ1) is 21.3. The number of hydrazone groups is 1. The van der Waals surface area contributed by atoms with E-state index in [0.717, 1.165) is 4.90 Å². The molecule has 11 heteroatoms. The highest BCUT2D eigenvalue weighted by Crippen LogP contribution is 2.28. The highest BCUT2D eigenvalue weighted by Gasteiger charge is 2.50. The van der Waals surface area contributed by atoms with Gasteiger partial charge in [0.15, 0.2) is 5.92 Å². The quantitative estimate of drug-likeness (QED) is 0.354. The summed E-state index contributed by atoms with van der Waals surface area (Å²) >= 11 is 0. The van der Waals surface area contributed by atoms with Crippen LogP contribution in [-0.4, -0.2) is 43.7 Å².